The maximum absolute atomic E-state index is 5.19. The fraction of sp³-hybridized carbons (Fsp3) is 0. The Kier molecular flexibility index (Phi) is 7.14. The van der Waals surface area contributed by atoms with Crippen molar-refractivity contribution in [3.05, 3.63) is 194 Å². The van der Waals surface area contributed by atoms with Crippen LogP contribution < -0.4 is 0 Å². The molecule has 0 saturated carbocycles. The van der Waals surface area contributed by atoms with Crippen molar-refractivity contribution >= 4 is 54.1 Å². The molecule has 4 nitrogen and oxygen atoms in total. The summed E-state index contributed by atoms with van der Waals surface area (Å²) in [6.45, 7) is 0. The molecule has 0 aliphatic rings. The normalized spacial score (nSPS) is 11.6. The number of hydrogen-bond donors (Lipinski definition) is 0. The number of rotatable bonds is 5. The molecule has 0 spiro atoms. The molecule has 0 aliphatic carbocycles. The van der Waals surface area contributed by atoms with Crippen LogP contribution in [0.1, 0.15) is 0 Å². The lowest BCUT2D eigenvalue weighted by Gasteiger charge is -2.12. The van der Waals surface area contributed by atoms with Gasteiger partial charge in [0.15, 0.2) is 17.5 Å². The molecule has 0 amide bonds. The van der Waals surface area contributed by atoms with Crippen molar-refractivity contribution < 1.29 is 0 Å². The van der Waals surface area contributed by atoms with E-state index in [1.54, 1.807) is 0 Å². The van der Waals surface area contributed by atoms with E-state index in [0.29, 0.717) is 17.5 Å². The van der Waals surface area contributed by atoms with Crippen LogP contribution in [0.3, 0.4) is 0 Å². The smallest absolute Gasteiger partial charge is 0.164 e. The summed E-state index contributed by atoms with van der Waals surface area (Å²) in [7, 11) is 0. The van der Waals surface area contributed by atoms with Gasteiger partial charge in [0.25, 0.3) is 0 Å². The predicted octanol–water partition coefficient (Wildman–Crippen LogP) is 13.1. The van der Waals surface area contributed by atoms with Crippen molar-refractivity contribution in [2.75, 3.05) is 0 Å². The average molecular weight is 701 g/mol. The molecule has 0 fully saturated rings. The Bertz CT molecular complexity index is 3180. The second kappa shape index (κ2) is 12.6. The van der Waals surface area contributed by atoms with Crippen molar-refractivity contribution in [3.63, 3.8) is 0 Å². The summed E-state index contributed by atoms with van der Waals surface area (Å²) in [5.41, 5.74) is 8.42. The Labute approximate surface area is 317 Å². The molecule has 4 heteroatoms. The van der Waals surface area contributed by atoms with Crippen molar-refractivity contribution in [1.82, 2.24) is 19.5 Å². The number of hydrogen-bond acceptors (Lipinski definition) is 3. The van der Waals surface area contributed by atoms with Gasteiger partial charge >= 0.3 is 0 Å². The first-order chi connectivity index (χ1) is 27.2. The maximum Gasteiger partial charge on any atom is 0.164 e. The van der Waals surface area contributed by atoms with Gasteiger partial charge in [-0.1, -0.05) is 158 Å². The SMILES string of the molecule is c1ccc(-c2cccc(-c3nc(-c4cccc(-n5c6ccc7ccccc7c6c6c7ccccc7ccc65)c4)nc(-c4ccc5ccccc5c4)n3)c2)cc1. The van der Waals surface area contributed by atoms with Crippen molar-refractivity contribution in [2.24, 2.45) is 0 Å². The highest BCUT2D eigenvalue weighted by Gasteiger charge is 2.19. The minimum absolute atomic E-state index is 0.622. The summed E-state index contributed by atoms with van der Waals surface area (Å²) < 4.78 is 2.39. The average Bonchev–Trinajstić information content (AvgIpc) is 3.62. The van der Waals surface area contributed by atoms with Gasteiger partial charge in [0.05, 0.1) is 11.0 Å². The summed E-state index contributed by atoms with van der Waals surface area (Å²) in [5, 5.41) is 9.78. The Morgan fingerprint density at radius 2 is 0.764 bits per heavy atom. The third-order valence-electron chi connectivity index (χ3n) is 10.8. The molecule has 9 aromatic carbocycles. The van der Waals surface area contributed by atoms with Gasteiger partial charge in [-0.2, -0.15) is 0 Å². The molecule has 11 aromatic rings. The van der Waals surface area contributed by atoms with Gasteiger partial charge in [0, 0.05) is 33.2 Å². The number of benzene rings is 9. The van der Waals surface area contributed by atoms with Crippen LogP contribution in [-0.2, 0) is 0 Å². The van der Waals surface area contributed by atoms with Crippen LogP contribution >= 0.6 is 0 Å². The van der Waals surface area contributed by atoms with Gasteiger partial charge in [0.2, 0.25) is 0 Å². The zero-order valence-electron chi connectivity index (χ0n) is 29.8. The Balaban J connectivity index is 1.13. The quantitative estimate of drug-likeness (QED) is 0.179. The summed E-state index contributed by atoms with van der Waals surface area (Å²) in [6, 6.07) is 68.7. The highest BCUT2D eigenvalue weighted by Crippen LogP contribution is 2.41. The molecule has 11 rings (SSSR count). The van der Waals surface area contributed by atoms with Crippen LogP contribution in [0.15, 0.2) is 194 Å². The molecule has 2 aromatic heterocycles. The van der Waals surface area contributed by atoms with Gasteiger partial charge in [-0.25, -0.2) is 15.0 Å². The van der Waals surface area contributed by atoms with E-state index in [1.165, 1.54) is 37.7 Å². The van der Waals surface area contributed by atoms with Crippen LogP contribution in [0.5, 0.6) is 0 Å². The number of nitrogens with zero attached hydrogens (tertiary/aromatic N) is 4. The highest BCUT2D eigenvalue weighted by atomic mass is 15.0. The second-order valence-corrected chi connectivity index (χ2v) is 14.1. The van der Waals surface area contributed by atoms with E-state index in [2.05, 4.69) is 193 Å². The van der Waals surface area contributed by atoms with Gasteiger partial charge in [-0.15, -0.1) is 0 Å². The maximum atomic E-state index is 5.19. The standard InChI is InChI=1S/C51H32N4/c1-2-12-33(13-3-1)38-18-10-19-39(30-38)49-52-50(54-51(53-49)41-25-24-34-14-4-5-17-37(34)31-41)40-20-11-21-42(32-40)55-45-28-26-35-15-6-8-22-43(35)47(45)48-44-23-9-7-16-36(44)27-29-46(48)55/h1-32H. The molecule has 0 N–H and O–H groups in total. The molecule has 0 bridgehead atoms. The van der Waals surface area contributed by atoms with E-state index >= 15 is 0 Å². The van der Waals surface area contributed by atoms with E-state index in [0.717, 1.165) is 49.9 Å². The summed E-state index contributed by atoms with van der Waals surface area (Å²) >= 11 is 0. The Morgan fingerprint density at radius 1 is 0.291 bits per heavy atom. The lowest BCUT2D eigenvalue weighted by Crippen LogP contribution is -2.01. The molecule has 2 heterocycles. The van der Waals surface area contributed by atoms with Gasteiger partial charge in [-0.05, 0) is 79.8 Å². The lowest BCUT2D eigenvalue weighted by molar-refractivity contribution is 1.07. The predicted molar refractivity (Wildman–Crippen MR) is 228 cm³/mol. The Hall–Kier alpha value is -7.43. The third kappa shape index (κ3) is 5.26. The van der Waals surface area contributed by atoms with Crippen LogP contribution in [0.4, 0.5) is 0 Å². The van der Waals surface area contributed by atoms with Crippen molar-refractivity contribution in [2.45, 2.75) is 0 Å². The minimum atomic E-state index is 0.622. The lowest BCUT2D eigenvalue weighted by atomic mass is 10.00. The van der Waals surface area contributed by atoms with Gasteiger partial charge in [0.1, 0.15) is 0 Å². The van der Waals surface area contributed by atoms with E-state index in [9.17, 15) is 0 Å². The topological polar surface area (TPSA) is 43.6 Å². The first-order valence-corrected chi connectivity index (χ1v) is 18.6. The molecule has 0 saturated heterocycles. The zero-order chi connectivity index (χ0) is 36.3. The Morgan fingerprint density at radius 3 is 1.42 bits per heavy atom. The molecule has 0 atom stereocenters. The van der Waals surface area contributed by atoms with Crippen molar-refractivity contribution in [1.29, 1.82) is 0 Å². The first kappa shape index (κ1) is 31.1. The summed E-state index contributed by atoms with van der Waals surface area (Å²) in [6.07, 6.45) is 0. The molecule has 0 aliphatic heterocycles. The number of fused-ring (bicyclic) bond motifs is 8. The van der Waals surface area contributed by atoms with E-state index in [4.69, 9.17) is 15.0 Å². The van der Waals surface area contributed by atoms with Crippen LogP contribution in [0.2, 0.25) is 0 Å². The first-order valence-electron chi connectivity index (χ1n) is 18.6. The van der Waals surface area contributed by atoms with Crippen LogP contribution in [0, 0.1) is 0 Å². The number of aromatic nitrogens is 4. The second-order valence-electron chi connectivity index (χ2n) is 14.1. The monoisotopic (exact) mass is 700 g/mol. The minimum Gasteiger partial charge on any atom is -0.309 e. The summed E-state index contributed by atoms with van der Waals surface area (Å²) in [5.74, 6) is 1.89. The highest BCUT2D eigenvalue weighted by molar-refractivity contribution is 6.28. The van der Waals surface area contributed by atoms with Crippen molar-refractivity contribution in [3.8, 4) is 51.0 Å². The van der Waals surface area contributed by atoms with E-state index < -0.39 is 0 Å². The third-order valence-corrected chi connectivity index (χ3v) is 10.8. The van der Waals surface area contributed by atoms with Crippen LogP contribution in [-0.4, -0.2) is 19.5 Å². The van der Waals surface area contributed by atoms with Crippen LogP contribution in [0.25, 0.3) is 105 Å². The zero-order valence-corrected chi connectivity index (χ0v) is 29.8. The molecular formula is C51H32N4. The largest absolute Gasteiger partial charge is 0.309 e. The molecule has 55 heavy (non-hydrogen) atoms. The van der Waals surface area contributed by atoms with Gasteiger partial charge < -0.3 is 4.57 Å². The molecule has 0 unspecified atom stereocenters. The van der Waals surface area contributed by atoms with E-state index in [1.807, 2.05) is 6.07 Å². The molecule has 256 valence electrons. The van der Waals surface area contributed by atoms with Gasteiger partial charge in [-0.3, -0.25) is 0 Å². The summed E-state index contributed by atoms with van der Waals surface area (Å²) in [4.78, 5) is 15.5. The molecule has 0 radical (unpaired) electrons. The van der Waals surface area contributed by atoms with E-state index in [-0.39, 0.29) is 0 Å². The fourth-order valence-electron chi connectivity index (χ4n) is 8.17. The fourth-order valence-corrected chi connectivity index (χ4v) is 8.17. The molecular weight excluding hydrogens is 669 g/mol.